The Kier molecular flexibility index (Phi) is 6.59. The quantitative estimate of drug-likeness (QED) is 0.496. The highest BCUT2D eigenvalue weighted by Crippen LogP contribution is 2.34. The molecule has 26 heavy (non-hydrogen) atoms. The van der Waals surface area contributed by atoms with Gasteiger partial charge in [0.15, 0.2) is 0 Å². The van der Waals surface area contributed by atoms with Crippen molar-refractivity contribution < 1.29 is 19.7 Å². The Bertz CT molecular complexity index is 773. The van der Waals surface area contributed by atoms with Crippen LogP contribution in [-0.4, -0.2) is 27.5 Å². The number of phenols is 1. The number of phenolic OH excluding ortho intramolecular Hbond substituents is 1. The highest BCUT2D eigenvalue weighted by Gasteiger charge is 2.35. The van der Waals surface area contributed by atoms with E-state index in [1.807, 2.05) is 45.0 Å². The highest BCUT2D eigenvalue weighted by atomic mass is 32.2. The van der Waals surface area contributed by atoms with Crippen LogP contribution in [0.2, 0.25) is 0 Å². The van der Waals surface area contributed by atoms with Gasteiger partial charge < -0.3 is 14.9 Å². The average Bonchev–Trinajstić information content (AvgIpc) is 2.61. The Labute approximate surface area is 159 Å². The number of aromatic hydroxyl groups is 1. The molecule has 0 aliphatic rings. The Hall–Kier alpha value is -2.14. The molecule has 1 atom stereocenters. The van der Waals surface area contributed by atoms with Gasteiger partial charge >= 0.3 is 5.97 Å². The molecule has 0 aliphatic heterocycles. The van der Waals surface area contributed by atoms with Crippen molar-refractivity contribution in [1.29, 1.82) is 0 Å². The summed E-state index contributed by atoms with van der Waals surface area (Å²) in [5.41, 5.74) is 1.57. The van der Waals surface area contributed by atoms with Gasteiger partial charge in [-0.2, -0.15) is 0 Å². The molecular formula is C21H26O4S. The number of aliphatic carboxylic acids is 1. The molecule has 2 aromatic carbocycles. The van der Waals surface area contributed by atoms with Crippen LogP contribution in [0.1, 0.15) is 36.5 Å². The van der Waals surface area contributed by atoms with Crippen molar-refractivity contribution in [2.24, 2.45) is 0 Å². The zero-order valence-corrected chi connectivity index (χ0v) is 16.5. The van der Waals surface area contributed by atoms with Crippen LogP contribution >= 0.6 is 11.8 Å². The van der Waals surface area contributed by atoms with E-state index in [4.69, 9.17) is 4.74 Å². The van der Waals surface area contributed by atoms with Crippen LogP contribution in [0.5, 0.6) is 11.5 Å². The van der Waals surface area contributed by atoms with Crippen molar-refractivity contribution in [3.05, 3.63) is 53.1 Å². The monoisotopic (exact) mass is 374 g/mol. The predicted octanol–water partition coefficient (Wildman–Crippen LogP) is 5.11. The molecule has 140 valence electrons. The second-order valence-electron chi connectivity index (χ2n) is 6.69. The van der Waals surface area contributed by atoms with E-state index in [-0.39, 0.29) is 0 Å². The van der Waals surface area contributed by atoms with Gasteiger partial charge in [0, 0.05) is 4.90 Å². The molecule has 0 radical (unpaired) electrons. The highest BCUT2D eigenvalue weighted by molar-refractivity contribution is 7.99. The van der Waals surface area contributed by atoms with E-state index >= 15 is 0 Å². The summed E-state index contributed by atoms with van der Waals surface area (Å²) >= 11 is 1.68. The van der Waals surface area contributed by atoms with E-state index in [1.54, 1.807) is 30.8 Å². The maximum atomic E-state index is 11.7. The van der Waals surface area contributed by atoms with E-state index in [9.17, 15) is 15.0 Å². The molecule has 0 saturated carbocycles. The fourth-order valence-corrected chi connectivity index (χ4v) is 3.86. The van der Waals surface area contributed by atoms with Gasteiger partial charge in [-0.25, -0.2) is 4.79 Å². The van der Waals surface area contributed by atoms with E-state index in [0.29, 0.717) is 24.3 Å². The van der Waals surface area contributed by atoms with Gasteiger partial charge in [-0.05, 0) is 81.2 Å². The fourth-order valence-electron chi connectivity index (χ4n) is 2.72. The number of carboxylic acids is 1. The summed E-state index contributed by atoms with van der Waals surface area (Å²) in [4.78, 5) is 12.8. The number of hydrogen-bond donors (Lipinski definition) is 2. The molecule has 0 amide bonds. The number of carboxylic acid groups (broad SMARTS) is 1. The van der Waals surface area contributed by atoms with Crippen LogP contribution in [0.3, 0.4) is 0 Å². The van der Waals surface area contributed by atoms with Gasteiger partial charge in [-0.3, -0.25) is 0 Å². The Balaban J connectivity index is 1.98. The molecule has 0 heterocycles. The first-order valence-corrected chi connectivity index (χ1v) is 9.63. The molecule has 2 N–H and O–H groups in total. The number of hydrogen-bond acceptors (Lipinski definition) is 4. The molecule has 2 aromatic rings. The van der Waals surface area contributed by atoms with Crippen molar-refractivity contribution >= 4 is 17.7 Å². The summed E-state index contributed by atoms with van der Waals surface area (Å²) in [5.74, 6) is 0.733. The molecule has 0 bridgehead atoms. The van der Waals surface area contributed by atoms with Gasteiger partial charge in [-0.1, -0.05) is 18.2 Å². The summed E-state index contributed by atoms with van der Waals surface area (Å²) in [6.45, 7) is 7.42. The molecular weight excluding hydrogens is 348 g/mol. The van der Waals surface area contributed by atoms with Gasteiger partial charge in [0.2, 0.25) is 5.60 Å². The Morgan fingerprint density at radius 2 is 1.81 bits per heavy atom. The summed E-state index contributed by atoms with van der Waals surface area (Å²) in [6, 6.07) is 11.0. The SMILES string of the molecule is Cc1cc(SCCCC(C)(Oc2ccccc2)C(=O)O)c(C)c(C)c1O. The summed E-state index contributed by atoms with van der Waals surface area (Å²) in [6.07, 6.45) is 1.12. The fraction of sp³-hybridized carbons (Fsp3) is 0.381. The van der Waals surface area contributed by atoms with Crippen molar-refractivity contribution in [2.45, 2.75) is 51.0 Å². The third-order valence-corrected chi connectivity index (χ3v) is 5.83. The first-order chi connectivity index (χ1) is 12.2. The van der Waals surface area contributed by atoms with Crippen LogP contribution in [0.15, 0.2) is 41.3 Å². The zero-order valence-electron chi connectivity index (χ0n) is 15.7. The van der Waals surface area contributed by atoms with Crippen LogP contribution in [-0.2, 0) is 4.79 Å². The van der Waals surface area contributed by atoms with Crippen molar-refractivity contribution in [3.63, 3.8) is 0 Å². The zero-order chi connectivity index (χ0) is 19.3. The Morgan fingerprint density at radius 3 is 2.42 bits per heavy atom. The number of rotatable bonds is 8. The molecule has 0 spiro atoms. The van der Waals surface area contributed by atoms with Crippen molar-refractivity contribution in [3.8, 4) is 11.5 Å². The first-order valence-electron chi connectivity index (χ1n) is 8.64. The molecule has 0 saturated heterocycles. The van der Waals surface area contributed by atoms with Gasteiger partial charge in [0.25, 0.3) is 0 Å². The molecule has 0 aliphatic carbocycles. The number of carbonyl (C=O) groups is 1. The number of ether oxygens (including phenoxy) is 1. The lowest BCUT2D eigenvalue weighted by molar-refractivity contribution is -0.154. The van der Waals surface area contributed by atoms with E-state index < -0.39 is 11.6 Å². The number of thioether (sulfide) groups is 1. The molecule has 4 nitrogen and oxygen atoms in total. The smallest absolute Gasteiger partial charge is 0.347 e. The first kappa shape index (κ1) is 20.2. The summed E-state index contributed by atoms with van der Waals surface area (Å²) in [5, 5.41) is 19.6. The van der Waals surface area contributed by atoms with E-state index in [2.05, 4.69) is 0 Å². The van der Waals surface area contributed by atoms with Crippen LogP contribution in [0, 0.1) is 20.8 Å². The minimum absolute atomic E-state index is 0.349. The molecule has 1 unspecified atom stereocenters. The van der Waals surface area contributed by atoms with Crippen LogP contribution in [0.25, 0.3) is 0 Å². The Morgan fingerprint density at radius 1 is 1.15 bits per heavy atom. The number of aryl methyl sites for hydroxylation is 1. The number of benzene rings is 2. The van der Waals surface area contributed by atoms with Gasteiger partial charge in [-0.15, -0.1) is 11.8 Å². The van der Waals surface area contributed by atoms with Crippen LogP contribution in [0.4, 0.5) is 0 Å². The second kappa shape index (κ2) is 8.49. The topological polar surface area (TPSA) is 66.8 Å². The maximum absolute atomic E-state index is 11.7. The molecule has 0 fully saturated rings. The number of para-hydroxylation sites is 1. The molecule has 5 heteroatoms. The van der Waals surface area contributed by atoms with Crippen LogP contribution < -0.4 is 4.74 Å². The average molecular weight is 375 g/mol. The van der Waals surface area contributed by atoms with Crippen molar-refractivity contribution in [1.82, 2.24) is 0 Å². The lowest BCUT2D eigenvalue weighted by Crippen LogP contribution is -2.41. The van der Waals surface area contributed by atoms with Gasteiger partial charge in [0.1, 0.15) is 11.5 Å². The standard InChI is InChI=1S/C21H26O4S/c1-14-13-18(15(2)16(3)19(14)22)26-12-8-11-21(4,20(23)24)25-17-9-6-5-7-10-17/h5-7,9-10,13,22H,8,11-12H2,1-4H3,(H,23,24). The summed E-state index contributed by atoms with van der Waals surface area (Å²) in [7, 11) is 0. The van der Waals surface area contributed by atoms with E-state index in [1.165, 1.54) is 0 Å². The normalized spacial score (nSPS) is 13.2. The summed E-state index contributed by atoms with van der Waals surface area (Å²) < 4.78 is 5.75. The lowest BCUT2D eigenvalue weighted by Gasteiger charge is -2.26. The largest absolute Gasteiger partial charge is 0.507 e. The van der Waals surface area contributed by atoms with Gasteiger partial charge in [0.05, 0.1) is 0 Å². The lowest BCUT2D eigenvalue weighted by atomic mass is 10.0. The maximum Gasteiger partial charge on any atom is 0.347 e. The third kappa shape index (κ3) is 4.73. The van der Waals surface area contributed by atoms with Crippen molar-refractivity contribution in [2.75, 3.05) is 5.75 Å². The van der Waals surface area contributed by atoms with E-state index in [0.717, 1.165) is 27.3 Å². The second-order valence-corrected chi connectivity index (χ2v) is 7.83. The predicted molar refractivity (Wildman–Crippen MR) is 105 cm³/mol. The third-order valence-electron chi connectivity index (χ3n) is 4.60. The minimum Gasteiger partial charge on any atom is -0.507 e. The molecule has 2 rings (SSSR count). The molecule has 0 aromatic heterocycles. The minimum atomic E-state index is -1.25.